The molecule has 2 rings (SSSR count). The number of nitrogens with one attached hydrogen (secondary N) is 1. The second kappa shape index (κ2) is 6.06. The van der Waals surface area contributed by atoms with Crippen LogP contribution in [0.5, 0.6) is 0 Å². The Balaban J connectivity index is 2.09. The summed E-state index contributed by atoms with van der Waals surface area (Å²) in [6, 6.07) is 6.87. The monoisotopic (exact) mass is 286 g/mol. The van der Waals surface area contributed by atoms with Crippen LogP contribution < -0.4 is 10.5 Å². The summed E-state index contributed by atoms with van der Waals surface area (Å²) in [6.45, 7) is 0.737. The molecule has 0 bridgehead atoms. The Morgan fingerprint density at radius 3 is 2.83 bits per heavy atom. The second-order valence-electron chi connectivity index (χ2n) is 4.30. The summed E-state index contributed by atoms with van der Waals surface area (Å²) >= 11 is 1.84. The highest BCUT2D eigenvalue weighted by Gasteiger charge is 2.21. The van der Waals surface area contributed by atoms with Crippen LogP contribution in [-0.2, 0) is 16.6 Å². The minimum absolute atomic E-state index is 0.231. The van der Waals surface area contributed by atoms with Gasteiger partial charge in [-0.1, -0.05) is 18.2 Å². The van der Waals surface area contributed by atoms with Gasteiger partial charge in [0.15, 0.2) is 0 Å². The third kappa shape index (κ3) is 3.26. The van der Waals surface area contributed by atoms with Crippen molar-refractivity contribution in [3.05, 3.63) is 29.8 Å². The van der Waals surface area contributed by atoms with Gasteiger partial charge in [0.25, 0.3) is 0 Å². The molecular weight excluding hydrogens is 268 g/mol. The Morgan fingerprint density at radius 1 is 1.39 bits per heavy atom. The Kier molecular flexibility index (Phi) is 4.66. The van der Waals surface area contributed by atoms with Crippen molar-refractivity contribution in [2.24, 2.45) is 5.73 Å². The van der Waals surface area contributed by atoms with Gasteiger partial charge in [-0.15, -0.1) is 0 Å². The van der Waals surface area contributed by atoms with Crippen LogP contribution in [0.2, 0.25) is 0 Å². The second-order valence-corrected chi connectivity index (χ2v) is 7.44. The summed E-state index contributed by atoms with van der Waals surface area (Å²) < 4.78 is 27.1. The fraction of sp³-hybridized carbons (Fsp3) is 0.500. The zero-order chi connectivity index (χ0) is 13.0. The van der Waals surface area contributed by atoms with E-state index >= 15 is 0 Å². The normalized spacial score (nSPS) is 20.2. The van der Waals surface area contributed by atoms with Crippen LogP contribution in [-0.4, -0.2) is 26.0 Å². The molecule has 1 atom stereocenters. The van der Waals surface area contributed by atoms with Gasteiger partial charge in [-0.05, 0) is 30.2 Å². The van der Waals surface area contributed by atoms with Crippen LogP contribution in [0.15, 0.2) is 29.2 Å². The highest BCUT2D eigenvalue weighted by molar-refractivity contribution is 8.00. The predicted octanol–water partition coefficient (Wildman–Crippen LogP) is 1.32. The third-order valence-electron chi connectivity index (χ3n) is 3.01. The molecule has 3 N–H and O–H groups in total. The summed E-state index contributed by atoms with van der Waals surface area (Å²) in [6.07, 6.45) is 2.27. The van der Waals surface area contributed by atoms with Gasteiger partial charge in [0.05, 0.1) is 4.90 Å². The summed E-state index contributed by atoms with van der Waals surface area (Å²) in [5.74, 6) is 1.13. The van der Waals surface area contributed by atoms with Crippen molar-refractivity contribution in [3.63, 3.8) is 0 Å². The molecule has 0 radical (unpaired) electrons. The number of hydrogen-bond acceptors (Lipinski definition) is 4. The van der Waals surface area contributed by atoms with Crippen molar-refractivity contribution in [3.8, 4) is 0 Å². The van der Waals surface area contributed by atoms with Crippen molar-refractivity contribution in [1.29, 1.82) is 0 Å². The lowest BCUT2D eigenvalue weighted by Crippen LogP contribution is -2.30. The van der Waals surface area contributed by atoms with E-state index in [0.717, 1.165) is 12.2 Å². The Morgan fingerprint density at radius 2 is 2.17 bits per heavy atom. The first-order chi connectivity index (χ1) is 8.63. The molecule has 1 aromatic carbocycles. The molecule has 4 nitrogen and oxygen atoms in total. The molecule has 0 aromatic heterocycles. The van der Waals surface area contributed by atoms with E-state index in [1.165, 1.54) is 6.42 Å². The molecule has 1 saturated heterocycles. The maximum Gasteiger partial charge on any atom is 0.240 e. The lowest BCUT2D eigenvalue weighted by atomic mass is 10.2. The fourth-order valence-corrected chi connectivity index (χ4v) is 4.66. The minimum Gasteiger partial charge on any atom is -0.326 e. The number of thioether (sulfide) groups is 1. The van der Waals surface area contributed by atoms with E-state index < -0.39 is 10.0 Å². The van der Waals surface area contributed by atoms with Gasteiger partial charge >= 0.3 is 0 Å². The van der Waals surface area contributed by atoms with Crippen molar-refractivity contribution in [1.82, 2.24) is 4.72 Å². The first kappa shape index (κ1) is 13.9. The van der Waals surface area contributed by atoms with E-state index in [4.69, 9.17) is 5.73 Å². The number of rotatable bonds is 5. The van der Waals surface area contributed by atoms with Crippen LogP contribution in [0.1, 0.15) is 18.4 Å². The maximum absolute atomic E-state index is 12.2. The molecular formula is C12H18N2O2S2. The SMILES string of the molecule is NCc1ccccc1S(=O)(=O)NCC1CCCS1. The number of nitrogens with two attached hydrogens (primary N) is 1. The van der Waals surface area contributed by atoms with E-state index in [1.54, 1.807) is 24.3 Å². The molecule has 1 fully saturated rings. The van der Waals surface area contributed by atoms with Crippen LogP contribution in [0, 0.1) is 0 Å². The van der Waals surface area contributed by atoms with E-state index in [9.17, 15) is 8.42 Å². The van der Waals surface area contributed by atoms with E-state index in [2.05, 4.69) is 4.72 Å². The van der Waals surface area contributed by atoms with Crippen molar-refractivity contribution in [2.75, 3.05) is 12.3 Å². The third-order valence-corrected chi connectivity index (χ3v) is 5.93. The van der Waals surface area contributed by atoms with Crippen molar-refractivity contribution in [2.45, 2.75) is 29.5 Å². The Bertz CT molecular complexity index is 497. The van der Waals surface area contributed by atoms with Crippen LogP contribution in [0.4, 0.5) is 0 Å². The first-order valence-corrected chi connectivity index (χ1v) is 8.56. The highest BCUT2D eigenvalue weighted by atomic mass is 32.2. The molecule has 0 saturated carbocycles. The quantitative estimate of drug-likeness (QED) is 0.856. The highest BCUT2D eigenvalue weighted by Crippen LogP contribution is 2.25. The van der Waals surface area contributed by atoms with Gasteiger partial charge in [-0.25, -0.2) is 13.1 Å². The summed E-state index contributed by atoms with van der Waals surface area (Å²) in [4.78, 5) is 0.301. The molecule has 1 aliphatic heterocycles. The molecule has 18 heavy (non-hydrogen) atoms. The van der Waals surface area contributed by atoms with Gasteiger partial charge in [-0.2, -0.15) is 11.8 Å². The van der Waals surface area contributed by atoms with Gasteiger partial charge in [-0.3, -0.25) is 0 Å². The average molecular weight is 286 g/mol. The van der Waals surface area contributed by atoms with Gasteiger partial charge < -0.3 is 5.73 Å². The molecule has 1 unspecified atom stereocenters. The zero-order valence-corrected chi connectivity index (χ0v) is 11.8. The molecule has 1 heterocycles. The lowest BCUT2D eigenvalue weighted by molar-refractivity contribution is 0.578. The van der Waals surface area contributed by atoms with Crippen molar-refractivity contribution < 1.29 is 8.42 Å². The zero-order valence-electron chi connectivity index (χ0n) is 10.1. The smallest absolute Gasteiger partial charge is 0.240 e. The van der Waals surface area contributed by atoms with E-state index in [0.29, 0.717) is 22.3 Å². The van der Waals surface area contributed by atoms with Gasteiger partial charge in [0, 0.05) is 18.3 Å². The van der Waals surface area contributed by atoms with E-state index in [1.807, 2.05) is 11.8 Å². The van der Waals surface area contributed by atoms with Gasteiger partial charge in [0.2, 0.25) is 10.0 Å². The molecule has 0 spiro atoms. The average Bonchev–Trinajstić information content (AvgIpc) is 2.89. The Labute approximate surface area is 112 Å². The molecule has 0 amide bonds. The van der Waals surface area contributed by atoms with Crippen LogP contribution >= 0.6 is 11.8 Å². The Hall–Kier alpha value is -0.560. The lowest BCUT2D eigenvalue weighted by Gasteiger charge is -2.13. The topological polar surface area (TPSA) is 72.2 Å². The number of benzene rings is 1. The molecule has 0 aliphatic carbocycles. The van der Waals surface area contributed by atoms with Crippen LogP contribution in [0.25, 0.3) is 0 Å². The molecule has 100 valence electrons. The molecule has 1 aromatic rings. The summed E-state index contributed by atoms with van der Waals surface area (Å²) in [5.41, 5.74) is 6.23. The summed E-state index contributed by atoms with van der Waals surface area (Å²) in [5, 5.41) is 0.407. The standard InChI is InChI=1S/C12H18N2O2S2/c13-8-10-4-1-2-6-12(10)18(15,16)14-9-11-5-3-7-17-11/h1-2,4,6,11,14H,3,5,7-9,13H2. The number of hydrogen-bond donors (Lipinski definition) is 2. The summed E-state index contributed by atoms with van der Waals surface area (Å²) in [7, 11) is -3.43. The molecule has 6 heteroatoms. The van der Waals surface area contributed by atoms with Gasteiger partial charge in [0.1, 0.15) is 0 Å². The number of sulfonamides is 1. The predicted molar refractivity (Wildman–Crippen MR) is 75.0 cm³/mol. The van der Waals surface area contributed by atoms with Crippen LogP contribution in [0.3, 0.4) is 0 Å². The van der Waals surface area contributed by atoms with Crippen molar-refractivity contribution >= 4 is 21.8 Å². The fourth-order valence-electron chi connectivity index (χ4n) is 2.02. The minimum atomic E-state index is -3.43. The largest absolute Gasteiger partial charge is 0.326 e. The first-order valence-electron chi connectivity index (χ1n) is 6.03. The van der Waals surface area contributed by atoms with E-state index in [-0.39, 0.29) is 6.54 Å². The maximum atomic E-state index is 12.2. The molecule has 1 aliphatic rings.